The van der Waals surface area contributed by atoms with E-state index in [1.807, 2.05) is 0 Å². The van der Waals surface area contributed by atoms with E-state index in [1.54, 1.807) is 0 Å². The van der Waals surface area contributed by atoms with Crippen molar-refractivity contribution in [2.24, 2.45) is 5.16 Å². The lowest BCUT2D eigenvalue weighted by Gasteiger charge is -2.03. The van der Waals surface area contributed by atoms with Crippen molar-refractivity contribution in [2.45, 2.75) is 12.5 Å². The number of hydrogen-bond donors (Lipinski definition) is 0. The Morgan fingerprint density at radius 3 is 2.60 bits per heavy atom. The van der Waals surface area contributed by atoms with E-state index in [-0.39, 0.29) is 23.3 Å². The Morgan fingerprint density at radius 2 is 2.07 bits per heavy atom. The predicted octanol–water partition coefficient (Wildman–Crippen LogP) is 2.70. The maximum Gasteiger partial charge on any atom is 0.146 e. The van der Waals surface area contributed by atoms with E-state index in [2.05, 4.69) is 5.16 Å². The van der Waals surface area contributed by atoms with Gasteiger partial charge in [0.1, 0.15) is 17.7 Å². The summed E-state index contributed by atoms with van der Waals surface area (Å²) in [5, 5.41) is 3.63. The van der Waals surface area contributed by atoms with Gasteiger partial charge in [0.2, 0.25) is 0 Å². The number of hydrogen-bond acceptors (Lipinski definition) is 2. The van der Waals surface area contributed by atoms with Gasteiger partial charge >= 0.3 is 0 Å². The van der Waals surface area contributed by atoms with Crippen LogP contribution in [0.5, 0.6) is 0 Å². The topological polar surface area (TPSA) is 21.6 Å². The summed E-state index contributed by atoms with van der Waals surface area (Å²) in [5.74, 6) is -1.01. The first-order valence-electron chi connectivity index (χ1n) is 4.45. The van der Waals surface area contributed by atoms with Crippen molar-refractivity contribution in [3.8, 4) is 0 Å². The van der Waals surface area contributed by atoms with E-state index < -0.39 is 11.6 Å². The third kappa shape index (κ3) is 1.95. The minimum Gasteiger partial charge on any atom is -0.391 e. The third-order valence-corrected chi connectivity index (χ3v) is 2.50. The van der Waals surface area contributed by atoms with Crippen molar-refractivity contribution in [3.63, 3.8) is 0 Å². The molecule has 80 valence electrons. The standard InChI is InChI=1S/C10H8ClF2NO/c11-5-6-4-9(14-15-6)10-7(12)2-1-3-8(10)13/h1-3,6H,4-5H2. The van der Waals surface area contributed by atoms with Crippen molar-refractivity contribution < 1.29 is 13.6 Å². The SMILES string of the molecule is Fc1cccc(F)c1C1=NOC(CCl)C1. The predicted molar refractivity (Wildman–Crippen MR) is 53.1 cm³/mol. The maximum absolute atomic E-state index is 13.3. The van der Waals surface area contributed by atoms with Gasteiger partial charge in [-0.3, -0.25) is 0 Å². The molecular formula is C10H8ClF2NO. The molecule has 0 saturated heterocycles. The molecule has 1 aromatic carbocycles. The van der Waals surface area contributed by atoms with Gasteiger partial charge in [0.25, 0.3) is 0 Å². The fraction of sp³-hybridized carbons (Fsp3) is 0.300. The first-order chi connectivity index (χ1) is 7.22. The zero-order valence-electron chi connectivity index (χ0n) is 7.71. The van der Waals surface area contributed by atoms with Crippen LogP contribution in [0.15, 0.2) is 23.4 Å². The smallest absolute Gasteiger partial charge is 0.146 e. The average molecular weight is 232 g/mol. The van der Waals surface area contributed by atoms with Crippen LogP contribution in [0.3, 0.4) is 0 Å². The van der Waals surface area contributed by atoms with Gasteiger partial charge in [0.15, 0.2) is 0 Å². The molecule has 0 amide bonds. The zero-order chi connectivity index (χ0) is 10.8. The monoisotopic (exact) mass is 231 g/mol. The van der Waals surface area contributed by atoms with Crippen LogP contribution in [0, 0.1) is 11.6 Å². The summed E-state index contributed by atoms with van der Waals surface area (Å²) >= 11 is 5.55. The second kappa shape index (κ2) is 4.14. The van der Waals surface area contributed by atoms with Gasteiger partial charge in [-0.25, -0.2) is 8.78 Å². The molecule has 0 aromatic heterocycles. The minimum atomic E-state index is -0.632. The molecular weight excluding hydrogens is 224 g/mol. The molecule has 0 N–H and O–H groups in total. The molecule has 0 saturated carbocycles. The molecule has 15 heavy (non-hydrogen) atoms. The van der Waals surface area contributed by atoms with E-state index in [9.17, 15) is 8.78 Å². The fourth-order valence-electron chi connectivity index (χ4n) is 1.43. The van der Waals surface area contributed by atoms with E-state index in [0.29, 0.717) is 6.42 Å². The quantitative estimate of drug-likeness (QED) is 0.717. The number of benzene rings is 1. The normalized spacial score (nSPS) is 19.9. The number of halogens is 3. The molecule has 0 fully saturated rings. The zero-order valence-corrected chi connectivity index (χ0v) is 8.47. The molecule has 1 heterocycles. The molecule has 1 aliphatic rings. The summed E-state index contributed by atoms with van der Waals surface area (Å²) in [4.78, 5) is 4.90. The molecule has 1 atom stereocenters. The van der Waals surface area contributed by atoms with E-state index in [1.165, 1.54) is 18.2 Å². The van der Waals surface area contributed by atoms with Crippen LogP contribution in [0.4, 0.5) is 8.78 Å². The molecule has 1 unspecified atom stereocenters. The number of rotatable bonds is 2. The minimum absolute atomic E-state index is 0.120. The van der Waals surface area contributed by atoms with Gasteiger partial charge < -0.3 is 4.84 Å². The highest BCUT2D eigenvalue weighted by molar-refractivity contribution is 6.18. The van der Waals surface area contributed by atoms with Crippen LogP contribution >= 0.6 is 11.6 Å². The lowest BCUT2D eigenvalue weighted by atomic mass is 10.0. The summed E-state index contributed by atoms with van der Waals surface area (Å²) in [5.41, 5.74) is 0.154. The summed E-state index contributed by atoms with van der Waals surface area (Å²) in [6, 6.07) is 3.69. The summed E-state index contributed by atoms with van der Waals surface area (Å²) in [7, 11) is 0. The van der Waals surface area contributed by atoms with Crippen LogP contribution in [-0.4, -0.2) is 17.7 Å². The van der Waals surface area contributed by atoms with Gasteiger partial charge in [0, 0.05) is 6.42 Å². The molecule has 2 rings (SSSR count). The second-order valence-electron chi connectivity index (χ2n) is 3.22. The number of alkyl halides is 1. The van der Waals surface area contributed by atoms with Crippen molar-refractivity contribution in [1.29, 1.82) is 0 Å². The largest absolute Gasteiger partial charge is 0.391 e. The Hall–Kier alpha value is -1.16. The molecule has 0 bridgehead atoms. The second-order valence-corrected chi connectivity index (χ2v) is 3.53. The van der Waals surface area contributed by atoms with Gasteiger partial charge in [-0.1, -0.05) is 11.2 Å². The van der Waals surface area contributed by atoms with Crippen LogP contribution < -0.4 is 0 Å². The van der Waals surface area contributed by atoms with Gasteiger partial charge in [-0.15, -0.1) is 11.6 Å². The molecule has 0 spiro atoms. The number of nitrogens with zero attached hydrogens (tertiary/aromatic N) is 1. The summed E-state index contributed by atoms with van der Waals surface area (Å²) in [6.45, 7) is 0. The highest BCUT2D eigenvalue weighted by atomic mass is 35.5. The Bertz CT molecular complexity index is 388. The van der Waals surface area contributed by atoms with Crippen molar-refractivity contribution in [2.75, 3.05) is 5.88 Å². The molecule has 5 heteroatoms. The molecule has 1 aromatic rings. The van der Waals surface area contributed by atoms with E-state index in [0.717, 1.165) is 0 Å². The molecule has 1 aliphatic heterocycles. The molecule has 0 aliphatic carbocycles. The molecule has 2 nitrogen and oxygen atoms in total. The van der Waals surface area contributed by atoms with Gasteiger partial charge in [-0.05, 0) is 12.1 Å². The average Bonchev–Trinajstić information content (AvgIpc) is 2.66. The molecule has 0 radical (unpaired) electrons. The lowest BCUT2D eigenvalue weighted by Crippen LogP contribution is -2.11. The first-order valence-corrected chi connectivity index (χ1v) is 4.99. The van der Waals surface area contributed by atoms with Gasteiger partial charge in [0.05, 0.1) is 17.2 Å². The Balaban J connectivity index is 2.31. The summed E-state index contributed by atoms with van der Waals surface area (Å²) < 4.78 is 26.6. The number of oxime groups is 1. The Morgan fingerprint density at radius 1 is 1.40 bits per heavy atom. The van der Waals surface area contributed by atoms with Crippen molar-refractivity contribution in [1.82, 2.24) is 0 Å². The van der Waals surface area contributed by atoms with Crippen molar-refractivity contribution in [3.05, 3.63) is 35.4 Å². The highest BCUT2D eigenvalue weighted by Crippen LogP contribution is 2.21. The first kappa shape index (κ1) is 10.4. The fourth-order valence-corrected chi connectivity index (χ4v) is 1.60. The highest BCUT2D eigenvalue weighted by Gasteiger charge is 2.25. The van der Waals surface area contributed by atoms with Crippen LogP contribution in [-0.2, 0) is 4.84 Å². The Labute approximate surface area is 90.5 Å². The van der Waals surface area contributed by atoms with Crippen LogP contribution in [0.25, 0.3) is 0 Å². The van der Waals surface area contributed by atoms with Crippen LogP contribution in [0.1, 0.15) is 12.0 Å². The maximum atomic E-state index is 13.3. The van der Waals surface area contributed by atoms with E-state index >= 15 is 0 Å². The van der Waals surface area contributed by atoms with Crippen molar-refractivity contribution >= 4 is 17.3 Å². The lowest BCUT2D eigenvalue weighted by molar-refractivity contribution is 0.102. The summed E-state index contributed by atoms with van der Waals surface area (Å²) in [6.07, 6.45) is 0.0436. The Kier molecular flexibility index (Phi) is 2.86. The van der Waals surface area contributed by atoms with E-state index in [4.69, 9.17) is 16.4 Å². The van der Waals surface area contributed by atoms with Crippen LogP contribution in [0.2, 0.25) is 0 Å². The third-order valence-electron chi connectivity index (χ3n) is 2.16. The van der Waals surface area contributed by atoms with Gasteiger partial charge in [-0.2, -0.15) is 0 Å².